The van der Waals surface area contributed by atoms with E-state index in [0.29, 0.717) is 29.2 Å². The number of ether oxygens (including phenoxy) is 4. The van der Waals surface area contributed by atoms with E-state index in [1.807, 2.05) is 16.8 Å². The Hall–Kier alpha value is -4.44. The van der Waals surface area contributed by atoms with Gasteiger partial charge in [0, 0.05) is 45.1 Å². The van der Waals surface area contributed by atoms with Crippen LogP contribution in [0.4, 0.5) is 0 Å². The summed E-state index contributed by atoms with van der Waals surface area (Å²) >= 11 is 0. The van der Waals surface area contributed by atoms with Crippen LogP contribution in [0.2, 0.25) is 0 Å². The van der Waals surface area contributed by atoms with Crippen LogP contribution in [0.1, 0.15) is 139 Å². The topological polar surface area (TPSA) is 153 Å². The lowest BCUT2D eigenvalue weighted by atomic mass is 9.47. The Bertz CT molecular complexity index is 2500. The lowest BCUT2D eigenvalue weighted by Gasteiger charge is -2.62. The molecule has 0 radical (unpaired) electrons. The molecule has 9 aliphatic rings. The number of rotatable bonds is 12. The van der Waals surface area contributed by atoms with Gasteiger partial charge in [-0.1, -0.05) is 71.6 Å². The number of piperazine rings is 1. The third-order valence-electron chi connectivity index (χ3n) is 20.0. The highest BCUT2D eigenvalue weighted by atomic mass is 16.5. The molecule has 0 aromatic carbocycles. The van der Waals surface area contributed by atoms with Gasteiger partial charge in [0.05, 0.1) is 44.5 Å². The van der Waals surface area contributed by atoms with E-state index >= 15 is 0 Å². The van der Waals surface area contributed by atoms with Crippen LogP contribution in [0.25, 0.3) is 0 Å². The Labute approximate surface area is 416 Å². The highest BCUT2D eigenvalue weighted by Crippen LogP contribution is 2.67. The van der Waals surface area contributed by atoms with Crippen molar-refractivity contribution in [2.24, 2.45) is 46.3 Å². The van der Waals surface area contributed by atoms with Crippen LogP contribution in [-0.2, 0) is 42.9 Å². The molecular weight excluding hydrogens is 883 g/mol. The van der Waals surface area contributed by atoms with Gasteiger partial charge in [-0.15, -0.1) is 0 Å². The first-order valence-corrected chi connectivity index (χ1v) is 26.5. The summed E-state index contributed by atoms with van der Waals surface area (Å²) in [5.74, 6) is 1.84. The smallest absolute Gasteiger partial charge is 0.333 e. The molecule has 0 amide bonds. The van der Waals surface area contributed by atoms with E-state index in [2.05, 4.69) is 46.8 Å². The number of carbonyl (C=O) groups is 5. The molecule has 0 aromatic heterocycles. The number of hydrogen-bond donors (Lipinski definition) is 0. The fraction of sp³-hybridized carbons (Fsp3) is 0.690. The van der Waals surface area contributed by atoms with E-state index in [1.54, 1.807) is 33.8 Å². The second-order valence-electron chi connectivity index (χ2n) is 23.5. The van der Waals surface area contributed by atoms with Crippen molar-refractivity contribution in [3.8, 4) is 6.07 Å². The largest absolute Gasteiger partial charge is 0.492 e. The fourth-order valence-electron chi connectivity index (χ4n) is 16.3. The lowest BCUT2D eigenvalue weighted by molar-refractivity contribution is -0.152. The first-order valence-electron chi connectivity index (χ1n) is 26.5. The first-order chi connectivity index (χ1) is 33.3. The van der Waals surface area contributed by atoms with Gasteiger partial charge in [0.1, 0.15) is 18.8 Å². The molecule has 2 bridgehead atoms. The summed E-state index contributed by atoms with van der Waals surface area (Å²) in [6.45, 7) is 18.5. The Morgan fingerprint density at radius 3 is 2.23 bits per heavy atom. The van der Waals surface area contributed by atoms with Crippen molar-refractivity contribution < 1.29 is 42.9 Å². The number of Topliss-reactive ketones (excluding diaryl/α,β-unsaturated/α-hetero) is 4. The Morgan fingerprint density at radius 1 is 0.886 bits per heavy atom. The van der Waals surface area contributed by atoms with Crippen molar-refractivity contribution in [1.82, 2.24) is 9.80 Å². The number of nitriles is 1. The quantitative estimate of drug-likeness (QED) is 0.0794. The number of allylic oxidation sites excluding steroid dienone is 6. The van der Waals surface area contributed by atoms with Crippen LogP contribution in [0.15, 0.2) is 68.3 Å². The highest BCUT2D eigenvalue weighted by molar-refractivity contribution is 6.26. The Kier molecular flexibility index (Phi) is 13.6. The Balaban J connectivity index is 1.06. The molecule has 3 heterocycles. The summed E-state index contributed by atoms with van der Waals surface area (Å²) in [5.41, 5.74) is 3.35. The maximum absolute atomic E-state index is 15.0. The van der Waals surface area contributed by atoms with Crippen molar-refractivity contribution in [3.05, 3.63) is 68.3 Å². The van der Waals surface area contributed by atoms with Gasteiger partial charge in [0.15, 0.2) is 23.1 Å². The van der Waals surface area contributed by atoms with E-state index in [0.717, 1.165) is 42.9 Å². The molecule has 14 atom stereocenters. The minimum Gasteiger partial charge on any atom is -0.492 e. The van der Waals surface area contributed by atoms with Gasteiger partial charge < -0.3 is 18.9 Å². The van der Waals surface area contributed by atoms with Gasteiger partial charge in [0.2, 0.25) is 11.6 Å². The normalized spacial score (nSPS) is 38.1. The molecule has 0 N–H and O–H groups in total. The molecule has 3 aliphatic heterocycles. The van der Waals surface area contributed by atoms with Gasteiger partial charge in [-0.25, -0.2) is 4.79 Å². The van der Waals surface area contributed by atoms with E-state index in [-0.39, 0.29) is 81.1 Å². The molecule has 1 saturated heterocycles. The van der Waals surface area contributed by atoms with Crippen molar-refractivity contribution >= 4 is 29.1 Å². The van der Waals surface area contributed by atoms with Crippen molar-refractivity contribution in [1.29, 1.82) is 5.26 Å². The van der Waals surface area contributed by atoms with Gasteiger partial charge in [0.25, 0.3) is 0 Å². The number of likely N-dealkylation sites (N-methyl/N-ethyl adjacent to an activating group) is 1. The summed E-state index contributed by atoms with van der Waals surface area (Å²) in [4.78, 5) is 75.9. The standard InChI is InChI=1S/C58H77N3O9/c1-13-30(4)56(66)69-28-43-44-37(49(62)32(6)53(67-11)51(44)64)26-41-47-45-46(50(63)33(7)54(68-12)52(45)65)55(48(60(47)10)42(27-59)61(41)43)70-35-21-23-57(8)34(25-35)17-18-36-39-20-19-38(31(5)16-14-15-29(2)3)58(39,9)24-22-40(36)57/h13,17,29,31,35-36,38-43,47-48,55H,14-16,18-26,28H2,1-12H3/b30-13-/t31-,35+,36+,38-,39+,40+,41+,42+,43+,47-,48+,55+,57+,58-/m1/s1. The highest BCUT2D eigenvalue weighted by Gasteiger charge is 2.64. The molecule has 70 heavy (non-hydrogen) atoms. The average Bonchev–Trinajstić information content (AvgIpc) is 3.69. The summed E-state index contributed by atoms with van der Waals surface area (Å²) < 4.78 is 24.5. The number of nitrogens with zero attached hydrogens (tertiary/aromatic N) is 3. The zero-order valence-electron chi connectivity index (χ0n) is 43.9. The van der Waals surface area contributed by atoms with Gasteiger partial charge in [-0.2, -0.15) is 5.26 Å². The second-order valence-corrected chi connectivity index (χ2v) is 23.5. The van der Waals surface area contributed by atoms with Crippen molar-refractivity contribution in [3.63, 3.8) is 0 Å². The molecule has 3 saturated carbocycles. The predicted octanol–water partition coefficient (Wildman–Crippen LogP) is 9.06. The number of carbonyl (C=O) groups excluding carboxylic acids is 5. The van der Waals surface area contributed by atoms with Crippen LogP contribution in [-0.4, -0.2) is 109 Å². The number of hydrogen-bond acceptors (Lipinski definition) is 12. The summed E-state index contributed by atoms with van der Waals surface area (Å²) in [6, 6.07) is -1.90. The third-order valence-corrected chi connectivity index (χ3v) is 20.0. The average molecular weight is 960 g/mol. The molecule has 12 nitrogen and oxygen atoms in total. The minimum atomic E-state index is -1.06. The maximum Gasteiger partial charge on any atom is 0.333 e. The van der Waals surface area contributed by atoms with E-state index in [4.69, 9.17) is 18.9 Å². The number of fused-ring (bicyclic) bond motifs is 10. The predicted molar refractivity (Wildman–Crippen MR) is 264 cm³/mol. The third kappa shape index (κ3) is 7.63. The summed E-state index contributed by atoms with van der Waals surface area (Å²) in [7, 11) is 4.59. The zero-order valence-corrected chi connectivity index (χ0v) is 43.9. The number of esters is 1. The van der Waals surface area contributed by atoms with Gasteiger partial charge in [-0.3, -0.25) is 29.0 Å². The van der Waals surface area contributed by atoms with Crippen LogP contribution in [0, 0.1) is 57.7 Å². The first kappa shape index (κ1) is 50.5. The summed E-state index contributed by atoms with van der Waals surface area (Å²) in [5, 5.41) is 11.5. The number of methoxy groups -OCH3 is 2. The molecule has 378 valence electrons. The van der Waals surface area contributed by atoms with Gasteiger partial charge in [-0.05, 0) is 139 Å². The van der Waals surface area contributed by atoms with E-state index in [1.165, 1.54) is 64.7 Å². The molecule has 6 aliphatic carbocycles. The molecule has 0 spiro atoms. The molecular formula is C58H77N3O9. The monoisotopic (exact) mass is 960 g/mol. The van der Waals surface area contributed by atoms with Crippen LogP contribution in [0.5, 0.6) is 0 Å². The summed E-state index contributed by atoms with van der Waals surface area (Å²) in [6.07, 6.45) is 15.5. The fourth-order valence-corrected chi connectivity index (χ4v) is 16.3. The van der Waals surface area contributed by atoms with Gasteiger partial charge >= 0.3 is 5.97 Å². The van der Waals surface area contributed by atoms with Crippen LogP contribution < -0.4 is 0 Å². The van der Waals surface area contributed by atoms with Crippen LogP contribution in [0.3, 0.4) is 0 Å². The lowest BCUT2D eigenvalue weighted by Crippen LogP contribution is -2.77. The Morgan fingerprint density at radius 2 is 1.57 bits per heavy atom. The molecule has 9 rings (SSSR count). The molecule has 0 unspecified atom stereocenters. The minimum absolute atomic E-state index is 0.00319. The molecule has 12 heteroatoms. The van der Waals surface area contributed by atoms with E-state index < -0.39 is 53.8 Å². The second kappa shape index (κ2) is 18.9. The van der Waals surface area contributed by atoms with E-state index in [9.17, 15) is 29.2 Å². The number of ketones is 4. The van der Waals surface area contributed by atoms with Crippen LogP contribution >= 0.6 is 0 Å². The molecule has 4 fully saturated rings. The maximum atomic E-state index is 15.0. The SMILES string of the molecule is C/C=C(/C)C(=O)OC[C@H]1C2=C(C[C@H]3[C@@H]4C5=C(C(=O)C(C)=C(OC)C5=O)[C@H](O[C@H]5CC[C@@]6(C)C(=CC[C@H]7[C@@H]8CC[C@H]([C@H](C)CCCC(C)C)[C@@]8(C)CC[C@@H]76)C5)[C@H]([C@H](C#N)N13)N4C)C(=O)C(C)=C(OC)C2=O. The zero-order chi connectivity index (χ0) is 50.5. The van der Waals surface area contributed by atoms with Crippen molar-refractivity contribution in [2.75, 3.05) is 27.9 Å². The van der Waals surface area contributed by atoms with Crippen molar-refractivity contribution in [2.45, 2.75) is 182 Å². The molecule has 0 aromatic rings.